The lowest BCUT2D eigenvalue weighted by molar-refractivity contribution is -0.149. The third-order valence-electron chi connectivity index (χ3n) is 5.37. The van der Waals surface area contributed by atoms with Crippen LogP contribution in [-0.2, 0) is 14.3 Å². The number of benzene rings is 1. The van der Waals surface area contributed by atoms with E-state index in [1.165, 1.54) is 0 Å². The summed E-state index contributed by atoms with van der Waals surface area (Å²) in [6, 6.07) is 2.65. The van der Waals surface area contributed by atoms with E-state index in [1.54, 1.807) is 0 Å². The molecule has 0 saturated heterocycles. The number of fused-ring (bicyclic) bond motifs is 3. The van der Waals surface area contributed by atoms with Gasteiger partial charge in [0.2, 0.25) is 0 Å². The van der Waals surface area contributed by atoms with Crippen molar-refractivity contribution in [1.82, 2.24) is 0 Å². The molecule has 3 aliphatic carbocycles. The first-order chi connectivity index (χ1) is 11.8. The molecule has 1 aromatic carbocycles. The van der Waals surface area contributed by atoms with E-state index in [2.05, 4.69) is 0 Å². The highest BCUT2D eigenvalue weighted by Crippen LogP contribution is 2.54. The molecule has 2 bridgehead atoms. The summed E-state index contributed by atoms with van der Waals surface area (Å²) in [5.41, 5.74) is -0.790. The number of aliphatic carboxylic acids is 1. The molecule has 3 saturated carbocycles. The molecule has 7 heteroatoms. The van der Waals surface area contributed by atoms with Crippen LogP contribution < -0.4 is 0 Å². The topological polar surface area (TPSA) is 72.8 Å². The molecule has 0 aliphatic heterocycles. The fourth-order valence-electron chi connectivity index (χ4n) is 3.88. The second kappa shape index (κ2) is 6.71. The van der Waals surface area contributed by atoms with E-state index in [4.69, 9.17) is 14.6 Å². The van der Waals surface area contributed by atoms with E-state index in [-0.39, 0.29) is 17.6 Å². The van der Waals surface area contributed by atoms with Gasteiger partial charge in [-0.05, 0) is 56.1 Å². The zero-order valence-electron chi connectivity index (χ0n) is 13.7. The number of carboxylic acids is 1. The van der Waals surface area contributed by atoms with Crippen molar-refractivity contribution in [2.75, 3.05) is 13.2 Å². The molecule has 0 atom stereocenters. The largest absolute Gasteiger partial charge is 0.480 e. The van der Waals surface area contributed by atoms with Gasteiger partial charge in [0.05, 0.1) is 12.2 Å². The van der Waals surface area contributed by atoms with Crippen molar-refractivity contribution in [3.8, 4) is 0 Å². The monoisotopic (exact) mass is 354 g/mol. The molecule has 136 valence electrons. The zero-order chi connectivity index (χ0) is 18.1. The smallest absolute Gasteiger partial charge is 0.338 e. The molecule has 5 nitrogen and oxygen atoms in total. The number of halogens is 2. The van der Waals surface area contributed by atoms with Gasteiger partial charge in [-0.15, -0.1) is 0 Å². The Bertz CT molecular complexity index is 643. The molecule has 3 aliphatic rings. The average Bonchev–Trinajstić information content (AvgIpc) is 2.55. The predicted molar refractivity (Wildman–Crippen MR) is 83.1 cm³/mol. The van der Waals surface area contributed by atoms with Crippen molar-refractivity contribution >= 4 is 11.9 Å². The van der Waals surface area contributed by atoms with Crippen LogP contribution in [0, 0.1) is 17.0 Å². The number of ether oxygens (including phenoxy) is 2. The summed E-state index contributed by atoms with van der Waals surface area (Å²) in [4.78, 5) is 22.8. The lowest BCUT2D eigenvalue weighted by Crippen LogP contribution is -2.50. The standard InChI is InChI=1S/C18H20F2O5/c19-13-7-12(8-14(20)9-13)16(23)25-18-4-1-17(2-5-18,3-6-18)11-24-10-15(21)22/h7-9H,1-6,10-11H2,(H,21,22). The zero-order valence-corrected chi connectivity index (χ0v) is 13.7. The fraction of sp³-hybridized carbons (Fsp3) is 0.556. The van der Waals surface area contributed by atoms with Crippen LogP contribution in [0.5, 0.6) is 0 Å². The molecule has 0 radical (unpaired) electrons. The van der Waals surface area contributed by atoms with Crippen LogP contribution in [0.15, 0.2) is 18.2 Å². The molecular formula is C18H20F2O5. The van der Waals surface area contributed by atoms with Gasteiger partial charge in [-0.3, -0.25) is 0 Å². The minimum Gasteiger partial charge on any atom is -0.480 e. The third-order valence-corrected chi connectivity index (χ3v) is 5.37. The Labute approximate surface area is 143 Å². The number of esters is 1. The Morgan fingerprint density at radius 2 is 1.56 bits per heavy atom. The number of rotatable bonds is 6. The van der Waals surface area contributed by atoms with E-state index in [0.717, 1.165) is 31.4 Å². The first-order valence-electron chi connectivity index (χ1n) is 8.31. The number of hydrogen-bond acceptors (Lipinski definition) is 4. The van der Waals surface area contributed by atoms with Gasteiger partial charge in [0, 0.05) is 6.07 Å². The maximum Gasteiger partial charge on any atom is 0.338 e. The van der Waals surface area contributed by atoms with E-state index in [0.29, 0.717) is 31.9 Å². The van der Waals surface area contributed by atoms with Crippen molar-refractivity contribution in [1.29, 1.82) is 0 Å². The summed E-state index contributed by atoms with van der Waals surface area (Å²) >= 11 is 0. The number of carbonyl (C=O) groups is 2. The quantitative estimate of drug-likeness (QED) is 0.794. The number of carbonyl (C=O) groups excluding carboxylic acids is 1. The highest BCUT2D eigenvalue weighted by molar-refractivity contribution is 5.89. The van der Waals surface area contributed by atoms with Crippen molar-refractivity contribution in [3.63, 3.8) is 0 Å². The van der Waals surface area contributed by atoms with Gasteiger partial charge in [0.25, 0.3) is 0 Å². The van der Waals surface area contributed by atoms with Gasteiger partial charge in [-0.25, -0.2) is 18.4 Å². The summed E-state index contributed by atoms with van der Waals surface area (Å²) in [5.74, 6) is -3.33. The molecule has 0 heterocycles. The second-order valence-electron chi connectivity index (χ2n) is 7.12. The van der Waals surface area contributed by atoms with Gasteiger partial charge in [0.1, 0.15) is 23.8 Å². The van der Waals surface area contributed by atoms with Crippen molar-refractivity contribution in [2.24, 2.45) is 5.41 Å². The maximum atomic E-state index is 13.3. The van der Waals surface area contributed by atoms with Crippen LogP contribution in [0.2, 0.25) is 0 Å². The highest BCUT2D eigenvalue weighted by Gasteiger charge is 2.51. The van der Waals surface area contributed by atoms with Gasteiger partial charge in [0.15, 0.2) is 0 Å². The molecule has 3 fully saturated rings. The molecule has 4 rings (SSSR count). The lowest BCUT2D eigenvalue weighted by atomic mass is 9.59. The third kappa shape index (κ3) is 3.98. The maximum absolute atomic E-state index is 13.3. The minimum atomic E-state index is -0.992. The molecular weight excluding hydrogens is 334 g/mol. The predicted octanol–water partition coefficient (Wildman–Crippen LogP) is 3.32. The molecule has 1 aromatic rings. The van der Waals surface area contributed by atoms with Crippen LogP contribution in [0.25, 0.3) is 0 Å². The van der Waals surface area contributed by atoms with Crippen molar-refractivity contribution in [2.45, 2.75) is 44.1 Å². The average molecular weight is 354 g/mol. The van der Waals surface area contributed by atoms with Gasteiger partial charge in [-0.2, -0.15) is 0 Å². The second-order valence-corrected chi connectivity index (χ2v) is 7.12. The van der Waals surface area contributed by atoms with E-state index in [9.17, 15) is 18.4 Å². The van der Waals surface area contributed by atoms with Crippen molar-refractivity contribution in [3.05, 3.63) is 35.4 Å². The van der Waals surface area contributed by atoms with Gasteiger partial charge >= 0.3 is 11.9 Å². The van der Waals surface area contributed by atoms with Crippen LogP contribution in [0.3, 0.4) is 0 Å². The molecule has 0 unspecified atom stereocenters. The van der Waals surface area contributed by atoms with Crippen LogP contribution in [-0.4, -0.2) is 35.9 Å². The Hall–Kier alpha value is -2.02. The van der Waals surface area contributed by atoms with Crippen LogP contribution >= 0.6 is 0 Å². The van der Waals surface area contributed by atoms with E-state index < -0.39 is 29.2 Å². The Morgan fingerprint density at radius 3 is 2.08 bits per heavy atom. The molecule has 0 spiro atoms. The summed E-state index contributed by atoms with van der Waals surface area (Å²) in [5, 5.41) is 8.66. The first kappa shape index (κ1) is 17.8. The molecule has 25 heavy (non-hydrogen) atoms. The van der Waals surface area contributed by atoms with Crippen LogP contribution in [0.1, 0.15) is 48.9 Å². The first-order valence-corrected chi connectivity index (χ1v) is 8.31. The summed E-state index contributed by atoms with van der Waals surface area (Å²) in [6.07, 6.45) is 4.26. The Morgan fingerprint density at radius 1 is 1.00 bits per heavy atom. The summed E-state index contributed by atoms with van der Waals surface area (Å²) in [7, 11) is 0. The highest BCUT2D eigenvalue weighted by atomic mass is 19.1. The number of hydrogen-bond donors (Lipinski definition) is 1. The SMILES string of the molecule is O=C(O)COCC12CCC(OC(=O)c3cc(F)cc(F)c3)(CC1)CC2. The fourth-order valence-corrected chi connectivity index (χ4v) is 3.88. The molecule has 1 N–H and O–H groups in total. The van der Waals surface area contributed by atoms with Gasteiger partial charge < -0.3 is 14.6 Å². The van der Waals surface area contributed by atoms with Gasteiger partial charge in [-0.1, -0.05) is 0 Å². The van der Waals surface area contributed by atoms with Crippen LogP contribution in [0.4, 0.5) is 8.78 Å². The Balaban J connectivity index is 1.60. The van der Waals surface area contributed by atoms with Crippen molar-refractivity contribution < 1.29 is 33.0 Å². The molecule has 0 aromatic heterocycles. The lowest BCUT2D eigenvalue weighted by Gasteiger charge is -2.52. The normalized spacial score (nSPS) is 27.9. The molecule has 0 amide bonds. The Kier molecular flexibility index (Phi) is 4.77. The van der Waals surface area contributed by atoms with E-state index in [1.807, 2.05) is 0 Å². The summed E-state index contributed by atoms with van der Waals surface area (Å²) < 4.78 is 37.5. The number of carboxylic acid groups (broad SMARTS) is 1. The summed E-state index contributed by atoms with van der Waals surface area (Å²) in [6.45, 7) is 0.0748. The van der Waals surface area contributed by atoms with E-state index >= 15 is 0 Å². The minimum absolute atomic E-state index is 0.0609.